The molecule has 0 fully saturated rings. The lowest BCUT2D eigenvalue weighted by molar-refractivity contribution is -0.115. The van der Waals surface area contributed by atoms with Crippen LogP contribution in [0.4, 0.5) is 5.69 Å². The summed E-state index contributed by atoms with van der Waals surface area (Å²) in [4.78, 5) is 12.4. The molecule has 1 amide bonds. The summed E-state index contributed by atoms with van der Waals surface area (Å²) in [6.07, 6.45) is 0.198. The number of amides is 1. The number of hydrogen-bond donors (Lipinski definition) is 1. The Morgan fingerprint density at radius 3 is 2.43 bits per heavy atom. The molecule has 0 unspecified atom stereocenters. The Labute approximate surface area is 135 Å². The van der Waals surface area contributed by atoms with E-state index in [4.69, 9.17) is 4.52 Å². The maximum Gasteiger partial charge on any atom is 0.230 e. The number of benzene rings is 2. The summed E-state index contributed by atoms with van der Waals surface area (Å²) in [7, 11) is 0. The molecule has 0 aliphatic rings. The Morgan fingerprint density at radius 1 is 1.04 bits per heavy atom. The third-order valence-corrected chi connectivity index (χ3v) is 3.97. The fourth-order valence-corrected chi connectivity index (χ4v) is 2.94. The number of carbonyl (C=O) groups excluding carboxylic acids is 1. The lowest BCUT2D eigenvalue weighted by atomic mass is 10.0. The maximum absolute atomic E-state index is 12.4. The first-order valence-corrected chi connectivity index (χ1v) is 7.66. The maximum atomic E-state index is 12.4. The lowest BCUT2D eigenvalue weighted by Gasteiger charge is -2.12. The molecule has 23 heavy (non-hydrogen) atoms. The second kappa shape index (κ2) is 5.88. The molecule has 118 valence electrons. The standard InChI is InChI=1S/C19H20N2O2/c1-11-5-6-17-15(9-11)16(21-23-17)10-18(22)20-19-13(3)7-12(2)8-14(19)4/h5-9H,10H2,1-4H3,(H,20,22). The predicted octanol–water partition coefficient (Wildman–Crippen LogP) is 4.24. The van der Waals surface area contributed by atoms with Gasteiger partial charge in [0.05, 0.1) is 6.42 Å². The van der Waals surface area contributed by atoms with E-state index in [9.17, 15) is 4.79 Å². The summed E-state index contributed by atoms with van der Waals surface area (Å²) in [5.41, 5.74) is 6.70. The van der Waals surface area contributed by atoms with Gasteiger partial charge in [-0.3, -0.25) is 4.79 Å². The van der Waals surface area contributed by atoms with E-state index < -0.39 is 0 Å². The van der Waals surface area contributed by atoms with Gasteiger partial charge in [0.1, 0.15) is 5.69 Å². The summed E-state index contributed by atoms with van der Waals surface area (Å²) >= 11 is 0. The van der Waals surface area contributed by atoms with Crippen molar-refractivity contribution in [3.8, 4) is 0 Å². The number of carbonyl (C=O) groups is 1. The molecule has 0 spiro atoms. The molecular weight excluding hydrogens is 288 g/mol. The van der Waals surface area contributed by atoms with Crippen LogP contribution >= 0.6 is 0 Å². The Kier molecular flexibility index (Phi) is 3.90. The van der Waals surface area contributed by atoms with Gasteiger partial charge in [0, 0.05) is 11.1 Å². The first-order valence-electron chi connectivity index (χ1n) is 7.66. The number of nitrogens with one attached hydrogen (secondary N) is 1. The van der Waals surface area contributed by atoms with Crippen LogP contribution < -0.4 is 5.32 Å². The molecule has 4 nitrogen and oxygen atoms in total. The van der Waals surface area contributed by atoms with Crippen LogP contribution in [0.2, 0.25) is 0 Å². The number of aromatic nitrogens is 1. The second-order valence-corrected chi connectivity index (χ2v) is 6.13. The Balaban J connectivity index is 1.83. The van der Waals surface area contributed by atoms with Gasteiger partial charge in [0.2, 0.25) is 5.91 Å². The van der Waals surface area contributed by atoms with E-state index in [0.717, 1.165) is 27.8 Å². The monoisotopic (exact) mass is 308 g/mol. The van der Waals surface area contributed by atoms with Crippen molar-refractivity contribution in [1.29, 1.82) is 0 Å². The minimum atomic E-state index is -0.0863. The van der Waals surface area contributed by atoms with Crippen molar-refractivity contribution in [2.45, 2.75) is 34.1 Å². The summed E-state index contributed by atoms with van der Waals surface area (Å²) in [5.74, 6) is -0.0863. The molecule has 4 heteroatoms. The molecule has 0 aliphatic carbocycles. The first kappa shape index (κ1) is 15.3. The van der Waals surface area contributed by atoms with E-state index in [-0.39, 0.29) is 12.3 Å². The van der Waals surface area contributed by atoms with Crippen LogP contribution in [0.25, 0.3) is 11.0 Å². The SMILES string of the molecule is Cc1cc(C)c(NC(=O)Cc2noc3ccc(C)cc23)c(C)c1. The average molecular weight is 308 g/mol. The van der Waals surface area contributed by atoms with Crippen molar-refractivity contribution in [2.24, 2.45) is 0 Å². The number of anilines is 1. The van der Waals surface area contributed by atoms with Crippen LogP contribution in [0.1, 0.15) is 27.9 Å². The van der Waals surface area contributed by atoms with E-state index in [1.165, 1.54) is 5.56 Å². The third kappa shape index (κ3) is 3.11. The van der Waals surface area contributed by atoms with Crippen LogP contribution in [0.5, 0.6) is 0 Å². The molecule has 0 saturated heterocycles. The zero-order valence-corrected chi connectivity index (χ0v) is 13.9. The first-order chi connectivity index (χ1) is 10.9. The minimum Gasteiger partial charge on any atom is -0.356 e. The molecule has 0 saturated carbocycles. The number of hydrogen-bond acceptors (Lipinski definition) is 3. The van der Waals surface area contributed by atoms with Gasteiger partial charge in [0.25, 0.3) is 0 Å². The smallest absolute Gasteiger partial charge is 0.230 e. The molecule has 0 atom stereocenters. The number of fused-ring (bicyclic) bond motifs is 1. The zero-order chi connectivity index (χ0) is 16.6. The highest BCUT2D eigenvalue weighted by molar-refractivity contribution is 5.96. The topological polar surface area (TPSA) is 55.1 Å². The van der Waals surface area contributed by atoms with Crippen LogP contribution in [-0.4, -0.2) is 11.1 Å². The zero-order valence-electron chi connectivity index (χ0n) is 13.9. The van der Waals surface area contributed by atoms with Crippen molar-refractivity contribution >= 4 is 22.6 Å². The van der Waals surface area contributed by atoms with Gasteiger partial charge >= 0.3 is 0 Å². The molecule has 0 radical (unpaired) electrons. The largest absolute Gasteiger partial charge is 0.356 e. The lowest BCUT2D eigenvalue weighted by Crippen LogP contribution is -2.16. The molecule has 0 bridgehead atoms. The quantitative estimate of drug-likeness (QED) is 0.787. The third-order valence-electron chi connectivity index (χ3n) is 3.97. The molecule has 3 rings (SSSR count). The highest BCUT2D eigenvalue weighted by Crippen LogP contribution is 2.23. The number of nitrogens with zero attached hydrogens (tertiary/aromatic N) is 1. The highest BCUT2D eigenvalue weighted by atomic mass is 16.5. The van der Waals surface area contributed by atoms with Crippen LogP contribution in [0.3, 0.4) is 0 Å². The van der Waals surface area contributed by atoms with Crippen LogP contribution in [0.15, 0.2) is 34.9 Å². The van der Waals surface area contributed by atoms with Gasteiger partial charge in [-0.2, -0.15) is 0 Å². The highest BCUT2D eigenvalue weighted by Gasteiger charge is 2.14. The molecule has 1 heterocycles. The fourth-order valence-electron chi connectivity index (χ4n) is 2.94. The van der Waals surface area contributed by atoms with E-state index in [2.05, 4.69) is 29.5 Å². The average Bonchev–Trinajstić information content (AvgIpc) is 2.85. The van der Waals surface area contributed by atoms with E-state index in [0.29, 0.717) is 11.3 Å². The normalized spacial score (nSPS) is 11.0. The number of aryl methyl sites for hydroxylation is 4. The van der Waals surface area contributed by atoms with Crippen molar-refractivity contribution in [3.05, 3.63) is 58.3 Å². The van der Waals surface area contributed by atoms with E-state index in [1.807, 2.05) is 39.0 Å². The Morgan fingerprint density at radius 2 is 1.74 bits per heavy atom. The summed E-state index contributed by atoms with van der Waals surface area (Å²) in [6, 6.07) is 9.98. The summed E-state index contributed by atoms with van der Waals surface area (Å²) in [5, 5.41) is 7.94. The molecule has 1 N–H and O–H groups in total. The Hall–Kier alpha value is -2.62. The van der Waals surface area contributed by atoms with Gasteiger partial charge in [0.15, 0.2) is 5.58 Å². The van der Waals surface area contributed by atoms with Gasteiger partial charge in [-0.1, -0.05) is 34.5 Å². The predicted molar refractivity (Wildman–Crippen MR) is 91.7 cm³/mol. The summed E-state index contributed by atoms with van der Waals surface area (Å²) in [6.45, 7) is 8.07. The molecule has 1 aromatic heterocycles. The molecular formula is C19H20N2O2. The van der Waals surface area contributed by atoms with Crippen LogP contribution in [-0.2, 0) is 11.2 Å². The Bertz CT molecular complexity index is 871. The van der Waals surface area contributed by atoms with Gasteiger partial charge in [-0.25, -0.2) is 0 Å². The minimum absolute atomic E-state index is 0.0863. The van der Waals surface area contributed by atoms with E-state index in [1.54, 1.807) is 0 Å². The second-order valence-electron chi connectivity index (χ2n) is 6.13. The van der Waals surface area contributed by atoms with Crippen molar-refractivity contribution < 1.29 is 9.32 Å². The van der Waals surface area contributed by atoms with Crippen molar-refractivity contribution in [3.63, 3.8) is 0 Å². The molecule has 2 aromatic carbocycles. The van der Waals surface area contributed by atoms with Crippen molar-refractivity contribution in [1.82, 2.24) is 5.16 Å². The molecule has 0 aliphatic heterocycles. The molecule has 3 aromatic rings. The number of rotatable bonds is 3. The summed E-state index contributed by atoms with van der Waals surface area (Å²) < 4.78 is 5.29. The van der Waals surface area contributed by atoms with Gasteiger partial charge < -0.3 is 9.84 Å². The van der Waals surface area contributed by atoms with Gasteiger partial charge in [-0.15, -0.1) is 0 Å². The van der Waals surface area contributed by atoms with Gasteiger partial charge in [-0.05, 0) is 51.0 Å². The van der Waals surface area contributed by atoms with Crippen molar-refractivity contribution in [2.75, 3.05) is 5.32 Å². The fraction of sp³-hybridized carbons (Fsp3) is 0.263. The van der Waals surface area contributed by atoms with E-state index >= 15 is 0 Å². The van der Waals surface area contributed by atoms with Crippen LogP contribution in [0, 0.1) is 27.7 Å².